The van der Waals surface area contributed by atoms with Gasteiger partial charge in [0.15, 0.2) is 0 Å². The quantitative estimate of drug-likeness (QED) is 0.120. The molecule has 11 nitrogen and oxygen atoms in total. The number of amides is 4. The van der Waals surface area contributed by atoms with Gasteiger partial charge in [0.1, 0.15) is 29.3 Å². The lowest BCUT2D eigenvalue weighted by atomic mass is 9.97. The smallest absolute Gasteiger partial charge is 0.408 e. The predicted octanol–water partition coefficient (Wildman–Crippen LogP) is 6.37. The molecule has 0 aromatic heterocycles. The van der Waals surface area contributed by atoms with Crippen LogP contribution in [0, 0.1) is 13.8 Å². The molecule has 11 heteroatoms. The maximum Gasteiger partial charge on any atom is 0.408 e. The SMILES string of the molecule is CCCCCCCCN(C(=O)C(CC(N)=O)NC(=O)OC(C)(C)C)C(C(=O)NC(Cc1ccccc1)C(=O)OC(C)(C)C)c1cc(C)cc(C)c1. The van der Waals surface area contributed by atoms with E-state index >= 15 is 0 Å². The molecule has 0 saturated carbocycles. The summed E-state index contributed by atoms with van der Waals surface area (Å²) in [4.78, 5) is 69.5. The van der Waals surface area contributed by atoms with Crippen molar-refractivity contribution in [2.45, 2.75) is 143 Å². The minimum Gasteiger partial charge on any atom is -0.458 e. The van der Waals surface area contributed by atoms with Crippen molar-refractivity contribution in [2.24, 2.45) is 5.73 Å². The molecule has 0 radical (unpaired) electrons. The topological polar surface area (TPSA) is 157 Å². The normalized spacial score (nSPS) is 13.4. The molecular formula is C40H60N4O7. The van der Waals surface area contributed by atoms with Gasteiger partial charge in [-0.3, -0.25) is 14.4 Å². The summed E-state index contributed by atoms with van der Waals surface area (Å²) in [6.45, 7) is 16.3. The number of ether oxygens (including phenoxy) is 2. The number of unbranched alkanes of at least 4 members (excludes halogenated alkanes) is 5. The highest BCUT2D eigenvalue weighted by atomic mass is 16.6. The Bertz CT molecular complexity index is 1440. The molecule has 0 fully saturated rings. The van der Waals surface area contributed by atoms with E-state index < -0.39 is 65.5 Å². The molecule has 2 aromatic carbocycles. The molecule has 0 aliphatic heterocycles. The van der Waals surface area contributed by atoms with Crippen LogP contribution in [0.3, 0.4) is 0 Å². The van der Waals surface area contributed by atoms with Crippen LogP contribution in [-0.2, 0) is 35.1 Å². The first kappa shape index (κ1) is 42.8. The van der Waals surface area contributed by atoms with Crippen LogP contribution in [-0.4, -0.2) is 64.5 Å². The van der Waals surface area contributed by atoms with Crippen molar-refractivity contribution in [2.75, 3.05) is 6.54 Å². The maximum absolute atomic E-state index is 14.7. The summed E-state index contributed by atoms with van der Waals surface area (Å²) in [6.07, 6.45) is 4.22. The first-order valence-corrected chi connectivity index (χ1v) is 18.0. The minimum absolute atomic E-state index is 0.136. The van der Waals surface area contributed by atoms with Gasteiger partial charge in [0.25, 0.3) is 0 Å². The van der Waals surface area contributed by atoms with Gasteiger partial charge in [-0.15, -0.1) is 0 Å². The van der Waals surface area contributed by atoms with Crippen LogP contribution in [0.4, 0.5) is 4.79 Å². The van der Waals surface area contributed by atoms with Crippen molar-refractivity contribution in [3.63, 3.8) is 0 Å². The zero-order valence-corrected chi connectivity index (χ0v) is 32.1. The summed E-state index contributed by atoms with van der Waals surface area (Å²) in [5.74, 6) is -2.72. The fraction of sp³-hybridized carbons (Fsp3) is 0.575. The van der Waals surface area contributed by atoms with E-state index in [1.165, 1.54) is 4.90 Å². The highest BCUT2D eigenvalue weighted by molar-refractivity contribution is 5.95. The Morgan fingerprint density at radius 3 is 1.88 bits per heavy atom. The van der Waals surface area contributed by atoms with E-state index in [4.69, 9.17) is 15.2 Å². The zero-order valence-electron chi connectivity index (χ0n) is 32.1. The average molecular weight is 709 g/mol. The van der Waals surface area contributed by atoms with Gasteiger partial charge in [-0.05, 0) is 72.9 Å². The summed E-state index contributed by atoms with van der Waals surface area (Å²) < 4.78 is 11.1. The fourth-order valence-corrected chi connectivity index (χ4v) is 5.79. The summed E-state index contributed by atoms with van der Waals surface area (Å²) in [7, 11) is 0. The second-order valence-corrected chi connectivity index (χ2v) is 15.3. The standard InChI is InChI=1S/C40H60N4O7/c1-10-11-12-13-14-18-21-44(36(47)31(26-33(41)45)43-38(49)51-40(7,8)9)34(30-23-27(2)22-28(3)24-30)35(46)42-32(37(48)50-39(4,5)6)25-29-19-16-15-17-20-29/h15-17,19-20,22-24,31-32,34H,10-14,18,21,25-26H2,1-9H3,(H2,41,45)(H,42,46)(H,43,49). The van der Waals surface area contributed by atoms with E-state index in [1.807, 2.05) is 62.4 Å². The van der Waals surface area contributed by atoms with Gasteiger partial charge in [-0.25, -0.2) is 9.59 Å². The first-order valence-electron chi connectivity index (χ1n) is 18.0. The van der Waals surface area contributed by atoms with E-state index in [9.17, 15) is 24.0 Å². The first-order chi connectivity index (χ1) is 23.8. The van der Waals surface area contributed by atoms with Crippen LogP contribution in [0.25, 0.3) is 0 Å². The number of carbonyl (C=O) groups is 5. The van der Waals surface area contributed by atoms with Crippen molar-refractivity contribution in [1.82, 2.24) is 15.5 Å². The lowest BCUT2D eigenvalue weighted by Crippen LogP contribution is -2.55. The van der Waals surface area contributed by atoms with Gasteiger partial charge in [-0.2, -0.15) is 0 Å². The Kier molecular flexibility index (Phi) is 16.6. The number of primary amides is 1. The molecule has 2 rings (SSSR count). The number of alkyl carbamates (subject to hydrolysis) is 1. The molecule has 0 saturated heterocycles. The minimum atomic E-state index is -1.41. The van der Waals surface area contributed by atoms with Gasteiger partial charge in [0, 0.05) is 13.0 Å². The average Bonchev–Trinajstić information content (AvgIpc) is 2.99. The third kappa shape index (κ3) is 16.0. The number of nitrogens with zero attached hydrogens (tertiary/aromatic N) is 1. The molecule has 3 atom stereocenters. The maximum atomic E-state index is 14.7. The molecule has 51 heavy (non-hydrogen) atoms. The van der Waals surface area contributed by atoms with Crippen LogP contribution in [0.2, 0.25) is 0 Å². The van der Waals surface area contributed by atoms with Gasteiger partial charge in [-0.1, -0.05) is 98.7 Å². The van der Waals surface area contributed by atoms with E-state index in [0.717, 1.165) is 48.8 Å². The van der Waals surface area contributed by atoms with Crippen LogP contribution >= 0.6 is 0 Å². The predicted molar refractivity (Wildman–Crippen MR) is 199 cm³/mol. The summed E-state index contributed by atoms with van der Waals surface area (Å²) in [5, 5.41) is 5.45. The van der Waals surface area contributed by atoms with E-state index in [1.54, 1.807) is 41.5 Å². The molecule has 4 amide bonds. The largest absolute Gasteiger partial charge is 0.458 e. The monoisotopic (exact) mass is 708 g/mol. The lowest BCUT2D eigenvalue weighted by Gasteiger charge is -2.35. The van der Waals surface area contributed by atoms with Crippen molar-refractivity contribution >= 4 is 29.8 Å². The molecule has 4 N–H and O–H groups in total. The van der Waals surface area contributed by atoms with Gasteiger partial charge >= 0.3 is 12.1 Å². The molecule has 0 aliphatic rings. The number of nitrogens with two attached hydrogens (primary N) is 1. The highest BCUT2D eigenvalue weighted by Crippen LogP contribution is 2.27. The van der Waals surface area contributed by atoms with Crippen LogP contribution < -0.4 is 16.4 Å². The third-order valence-electron chi connectivity index (χ3n) is 7.84. The number of carbonyl (C=O) groups excluding carboxylic acids is 5. The lowest BCUT2D eigenvalue weighted by molar-refractivity contribution is -0.159. The Morgan fingerprint density at radius 1 is 0.765 bits per heavy atom. The Balaban J connectivity index is 2.68. The van der Waals surface area contributed by atoms with E-state index in [2.05, 4.69) is 17.6 Å². The molecular weight excluding hydrogens is 648 g/mol. The number of aryl methyl sites for hydroxylation is 2. The Labute approximate surface area is 304 Å². The number of benzene rings is 2. The summed E-state index contributed by atoms with van der Waals surface area (Å²) in [6, 6.07) is 11.1. The van der Waals surface area contributed by atoms with E-state index in [0.29, 0.717) is 12.0 Å². The molecule has 3 unspecified atom stereocenters. The Hall–Kier alpha value is -4.41. The number of hydrogen-bond acceptors (Lipinski definition) is 7. The number of nitrogens with one attached hydrogen (secondary N) is 2. The van der Waals surface area contributed by atoms with Crippen LogP contribution in [0.15, 0.2) is 48.5 Å². The van der Waals surface area contributed by atoms with Gasteiger partial charge in [0.05, 0.1) is 6.42 Å². The molecule has 282 valence electrons. The number of esters is 1. The third-order valence-corrected chi connectivity index (χ3v) is 7.84. The number of hydrogen-bond donors (Lipinski definition) is 3. The van der Waals surface area contributed by atoms with E-state index in [-0.39, 0.29) is 13.0 Å². The van der Waals surface area contributed by atoms with Crippen molar-refractivity contribution in [3.05, 3.63) is 70.8 Å². The molecule has 0 bridgehead atoms. The molecule has 2 aromatic rings. The van der Waals surface area contributed by atoms with Gasteiger partial charge in [0.2, 0.25) is 17.7 Å². The molecule has 0 aliphatic carbocycles. The van der Waals surface area contributed by atoms with Crippen LogP contribution in [0.1, 0.15) is 122 Å². The second kappa shape index (κ2) is 19.8. The van der Waals surface area contributed by atoms with Crippen molar-refractivity contribution in [1.29, 1.82) is 0 Å². The summed E-state index contributed by atoms with van der Waals surface area (Å²) >= 11 is 0. The summed E-state index contributed by atoms with van der Waals surface area (Å²) in [5.41, 5.74) is 6.93. The van der Waals surface area contributed by atoms with Crippen molar-refractivity contribution in [3.8, 4) is 0 Å². The van der Waals surface area contributed by atoms with Crippen molar-refractivity contribution < 1.29 is 33.4 Å². The molecule has 0 spiro atoms. The van der Waals surface area contributed by atoms with Crippen LogP contribution in [0.5, 0.6) is 0 Å². The fourth-order valence-electron chi connectivity index (χ4n) is 5.79. The number of rotatable bonds is 18. The Morgan fingerprint density at radius 2 is 1.33 bits per heavy atom. The highest BCUT2D eigenvalue weighted by Gasteiger charge is 2.39. The van der Waals surface area contributed by atoms with Gasteiger partial charge < -0.3 is 30.7 Å². The second-order valence-electron chi connectivity index (χ2n) is 15.3. The zero-order chi connectivity index (χ0) is 38.4. The molecule has 0 heterocycles.